The van der Waals surface area contributed by atoms with E-state index in [1.54, 1.807) is 0 Å². The maximum absolute atomic E-state index is 10.3. The van der Waals surface area contributed by atoms with Gasteiger partial charge in [0.25, 0.3) is 0 Å². The first kappa shape index (κ1) is 20.2. The average molecular weight is 302 g/mol. The first-order valence-corrected chi connectivity index (χ1v) is 8.39. The molecule has 122 valence electrons. The third-order valence-electron chi connectivity index (χ3n) is 3.06. The fourth-order valence-corrected chi connectivity index (χ4v) is 1.80. The Morgan fingerprint density at radius 2 is 1.59 bits per heavy atom. The Bertz CT molecular complexity index is 405. The first-order chi connectivity index (χ1) is 10.8. The smallest absolute Gasteiger partial charge is 0.303 e. The molecule has 0 aromatic heterocycles. The van der Waals surface area contributed by atoms with Crippen molar-refractivity contribution in [3.05, 3.63) is 36.5 Å². The lowest BCUT2D eigenvalue weighted by Gasteiger charge is -1.90. The summed E-state index contributed by atoms with van der Waals surface area (Å²) >= 11 is 0. The second kappa shape index (κ2) is 17.3. The van der Waals surface area contributed by atoms with Gasteiger partial charge in [0.1, 0.15) is 0 Å². The highest BCUT2D eigenvalue weighted by atomic mass is 16.4. The fraction of sp³-hybridized carbons (Fsp3) is 0.550. The van der Waals surface area contributed by atoms with Crippen LogP contribution in [0.2, 0.25) is 0 Å². The van der Waals surface area contributed by atoms with Crippen molar-refractivity contribution in [3.8, 4) is 11.8 Å². The van der Waals surface area contributed by atoms with Crippen molar-refractivity contribution in [2.45, 2.75) is 71.1 Å². The number of hydrogen-bond donors (Lipinski definition) is 1. The van der Waals surface area contributed by atoms with Gasteiger partial charge in [-0.1, -0.05) is 62.1 Å². The number of unbranched alkanes of at least 4 members (excludes halogenated alkanes) is 4. The van der Waals surface area contributed by atoms with Crippen molar-refractivity contribution in [3.63, 3.8) is 0 Å². The Balaban J connectivity index is 3.44. The molecule has 0 rings (SSSR count). The molecule has 0 spiro atoms. The molecule has 0 heterocycles. The molecule has 0 amide bonds. The highest BCUT2D eigenvalue weighted by Crippen LogP contribution is 2.00. The van der Waals surface area contributed by atoms with Crippen LogP contribution < -0.4 is 0 Å². The van der Waals surface area contributed by atoms with Crippen LogP contribution in [0.3, 0.4) is 0 Å². The van der Waals surface area contributed by atoms with Crippen molar-refractivity contribution in [1.82, 2.24) is 0 Å². The summed E-state index contributed by atoms with van der Waals surface area (Å²) in [6.07, 6.45) is 22.4. The number of aliphatic carboxylic acids is 1. The van der Waals surface area contributed by atoms with Gasteiger partial charge in [0.15, 0.2) is 0 Å². The standard InChI is InChI=1S/C20H30O2/c1-2-3-4-5-6-7-8-9-10-11-12-13-14-15-16-17-18-19-20(21)22/h6-7,9-10,12-13H,2-5,8,11,14,17-19H2,1H3,(H,21,22)/b7-6+,10-9+,13-12+. The van der Waals surface area contributed by atoms with Crippen LogP contribution in [-0.4, -0.2) is 11.1 Å². The van der Waals surface area contributed by atoms with Crippen LogP contribution in [0.4, 0.5) is 0 Å². The Morgan fingerprint density at radius 1 is 0.909 bits per heavy atom. The monoisotopic (exact) mass is 302 g/mol. The zero-order valence-corrected chi connectivity index (χ0v) is 13.9. The van der Waals surface area contributed by atoms with E-state index in [4.69, 9.17) is 5.11 Å². The Hall–Kier alpha value is -1.75. The van der Waals surface area contributed by atoms with Crippen molar-refractivity contribution in [2.24, 2.45) is 0 Å². The molecule has 0 bridgehead atoms. The van der Waals surface area contributed by atoms with Gasteiger partial charge in [0, 0.05) is 19.3 Å². The SMILES string of the molecule is CCCCC/C=C/C/C=C/C/C=C/CC#CCCCC(=O)O. The second-order valence-electron chi connectivity index (χ2n) is 5.19. The maximum atomic E-state index is 10.3. The number of allylic oxidation sites excluding steroid dienone is 6. The van der Waals surface area contributed by atoms with Crippen LogP contribution in [0.1, 0.15) is 71.1 Å². The third kappa shape index (κ3) is 18.2. The quantitative estimate of drug-likeness (QED) is 0.287. The molecule has 0 aromatic rings. The molecule has 0 fully saturated rings. The van der Waals surface area contributed by atoms with Gasteiger partial charge >= 0.3 is 5.97 Å². The molecule has 0 atom stereocenters. The topological polar surface area (TPSA) is 37.3 Å². The van der Waals surface area contributed by atoms with E-state index in [9.17, 15) is 4.79 Å². The molecule has 2 heteroatoms. The third-order valence-corrected chi connectivity index (χ3v) is 3.06. The minimum Gasteiger partial charge on any atom is -0.481 e. The summed E-state index contributed by atoms with van der Waals surface area (Å²) in [4.78, 5) is 10.3. The normalized spacial score (nSPS) is 11.3. The molecule has 1 N–H and O–H groups in total. The van der Waals surface area contributed by atoms with Crippen molar-refractivity contribution >= 4 is 5.97 Å². The summed E-state index contributed by atoms with van der Waals surface area (Å²) in [6.45, 7) is 2.23. The van der Waals surface area contributed by atoms with E-state index >= 15 is 0 Å². The molecule has 22 heavy (non-hydrogen) atoms. The van der Waals surface area contributed by atoms with E-state index in [1.807, 2.05) is 0 Å². The van der Waals surface area contributed by atoms with Crippen LogP contribution in [0.5, 0.6) is 0 Å². The number of rotatable bonds is 12. The number of carboxylic acids is 1. The predicted octanol–water partition coefficient (Wildman–Crippen LogP) is 5.66. The molecule has 2 nitrogen and oxygen atoms in total. The maximum Gasteiger partial charge on any atom is 0.303 e. The van der Waals surface area contributed by atoms with Gasteiger partial charge in [-0.3, -0.25) is 4.79 Å². The van der Waals surface area contributed by atoms with Gasteiger partial charge in [-0.15, -0.1) is 5.92 Å². The van der Waals surface area contributed by atoms with Crippen LogP contribution >= 0.6 is 0 Å². The van der Waals surface area contributed by atoms with E-state index in [1.165, 1.54) is 25.7 Å². The van der Waals surface area contributed by atoms with Gasteiger partial charge in [-0.2, -0.15) is 0 Å². The molecule has 0 radical (unpaired) electrons. The second-order valence-corrected chi connectivity index (χ2v) is 5.19. The zero-order chi connectivity index (χ0) is 16.3. The number of carboxylic acid groups (broad SMARTS) is 1. The Labute approximate surface area is 136 Å². The predicted molar refractivity (Wildman–Crippen MR) is 94.7 cm³/mol. The molecule has 0 aliphatic rings. The number of hydrogen-bond acceptors (Lipinski definition) is 1. The van der Waals surface area contributed by atoms with E-state index in [-0.39, 0.29) is 6.42 Å². The summed E-state index contributed by atoms with van der Waals surface area (Å²) < 4.78 is 0. The van der Waals surface area contributed by atoms with Crippen molar-refractivity contribution in [2.75, 3.05) is 0 Å². The van der Waals surface area contributed by atoms with E-state index in [2.05, 4.69) is 55.2 Å². The fourth-order valence-electron chi connectivity index (χ4n) is 1.80. The summed E-state index contributed by atoms with van der Waals surface area (Å²) in [7, 11) is 0. The lowest BCUT2D eigenvalue weighted by Crippen LogP contribution is -1.92. The largest absolute Gasteiger partial charge is 0.481 e. The molecular weight excluding hydrogens is 272 g/mol. The highest BCUT2D eigenvalue weighted by molar-refractivity contribution is 5.66. The Kier molecular flexibility index (Phi) is 15.9. The molecule has 0 aliphatic heterocycles. The molecule has 0 aliphatic carbocycles. The van der Waals surface area contributed by atoms with Crippen LogP contribution in [0.25, 0.3) is 0 Å². The molecule has 0 aromatic carbocycles. The van der Waals surface area contributed by atoms with E-state index in [0.29, 0.717) is 12.8 Å². The van der Waals surface area contributed by atoms with Gasteiger partial charge in [0.2, 0.25) is 0 Å². The Morgan fingerprint density at radius 3 is 2.27 bits per heavy atom. The minimum atomic E-state index is -0.746. The first-order valence-electron chi connectivity index (χ1n) is 8.39. The zero-order valence-electron chi connectivity index (χ0n) is 13.9. The minimum absolute atomic E-state index is 0.211. The lowest BCUT2D eigenvalue weighted by atomic mass is 10.2. The summed E-state index contributed by atoms with van der Waals surface area (Å²) in [5.41, 5.74) is 0. The number of carbonyl (C=O) groups is 1. The highest BCUT2D eigenvalue weighted by Gasteiger charge is 1.92. The van der Waals surface area contributed by atoms with Gasteiger partial charge in [-0.25, -0.2) is 0 Å². The molecule has 0 saturated heterocycles. The van der Waals surface area contributed by atoms with Crippen molar-refractivity contribution < 1.29 is 9.90 Å². The van der Waals surface area contributed by atoms with E-state index < -0.39 is 5.97 Å². The van der Waals surface area contributed by atoms with E-state index in [0.717, 1.165) is 19.3 Å². The van der Waals surface area contributed by atoms with Gasteiger partial charge in [-0.05, 0) is 32.1 Å². The van der Waals surface area contributed by atoms with Crippen molar-refractivity contribution in [1.29, 1.82) is 0 Å². The van der Waals surface area contributed by atoms with Crippen LogP contribution in [-0.2, 0) is 4.79 Å². The summed E-state index contributed by atoms with van der Waals surface area (Å²) in [5.74, 6) is 5.27. The van der Waals surface area contributed by atoms with Crippen LogP contribution in [0.15, 0.2) is 36.5 Å². The molecule has 0 saturated carbocycles. The summed E-state index contributed by atoms with van der Waals surface area (Å²) in [6, 6.07) is 0. The molecular formula is C20H30O2. The van der Waals surface area contributed by atoms with Gasteiger partial charge in [0.05, 0.1) is 0 Å². The van der Waals surface area contributed by atoms with Gasteiger partial charge < -0.3 is 5.11 Å². The van der Waals surface area contributed by atoms with Crippen LogP contribution in [0, 0.1) is 11.8 Å². The average Bonchev–Trinajstić information content (AvgIpc) is 2.50. The lowest BCUT2D eigenvalue weighted by molar-refractivity contribution is -0.137. The molecule has 0 unspecified atom stereocenters. The summed E-state index contributed by atoms with van der Waals surface area (Å²) in [5, 5.41) is 8.47.